The van der Waals surface area contributed by atoms with Crippen LogP contribution in [0.15, 0.2) is 66.7 Å². The average Bonchev–Trinajstić information content (AvgIpc) is 3.67. The summed E-state index contributed by atoms with van der Waals surface area (Å²) in [5, 5.41) is 27.0. The van der Waals surface area contributed by atoms with Crippen LogP contribution in [0.1, 0.15) is 61.4 Å². The predicted octanol–water partition coefficient (Wildman–Crippen LogP) is 4.49. The molecule has 3 atom stereocenters. The fourth-order valence-electron chi connectivity index (χ4n) is 6.85. The summed E-state index contributed by atoms with van der Waals surface area (Å²) in [4.78, 5) is 40.0. The van der Waals surface area contributed by atoms with E-state index in [-0.39, 0.29) is 29.7 Å². The van der Waals surface area contributed by atoms with Crippen LogP contribution in [0.3, 0.4) is 0 Å². The second-order valence-corrected chi connectivity index (χ2v) is 13.9. The quantitative estimate of drug-likeness (QED) is 0.133. The maximum absolute atomic E-state index is 13.7. The number of H-pyrrole nitrogens is 1. The summed E-state index contributed by atoms with van der Waals surface area (Å²) in [6, 6.07) is 19.9. The molecule has 2 aliphatic rings. The van der Waals surface area contributed by atoms with Crippen molar-refractivity contribution < 1.29 is 14.4 Å². The minimum atomic E-state index is -0.804. The van der Waals surface area contributed by atoms with Crippen LogP contribution in [0.2, 0.25) is 5.02 Å². The third kappa shape index (κ3) is 8.92. The first-order valence-corrected chi connectivity index (χ1v) is 17.7. The van der Waals surface area contributed by atoms with Crippen molar-refractivity contribution in [2.24, 2.45) is 17.6 Å². The largest absolute Gasteiger partial charge is 0.349 e. The molecular formula is C37H44ClN9O3. The van der Waals surface area contributed by atoms with Gasteiger partial charge in [0.2, 0.25) is 17.6 Å². The van der Waals surface area contributed by atoms with Gasteiger partial charge in [0, 0.05) is 51.8 Å². The molecule has 1 saturated heterocycles. The minimum absolute atomic E-state index is 0.115. The van der Waals surface area contributed by atoms with Crippen LogP contribution in [-0.2, 0) is 16.0 Å². The smallest absolute Gasteiger partial charge is 0.251 e. The van der Waals surface area contributed by atoms with Gasteiger partial charge in [0.1, 0.15) is 6.04 Å². The molecule has 3 unspecified atom stereocenters. The summed E-state index contributed by atoms with van der Waals surface area (Å²) in [6.45, 7) is 3.63. The summed E-state index contributed by atoms with van der Waals surface area (Å²) >= 11 is 6.70. The molecule has 1 aromatic heterocycles. The summed E-state index contributed by atoms with van der Waals surface area (Å²) in [7, 11) is 0. The molecule has 0 spiro atoms. The van der Waals surface area contributed by atoms with Gasteiger partial charge >= 0.3 is 0 Å². The van der Waals surface area contributed by atoms with E-state index >= 15 is 0 Å². The number of aromatic amines is 1. The number of anilines is 1. The first-order chi connectivity index (χ1) is 24.2. The topological polar surface area (TPSA) is 180 Å². The molecule has 262 valence electrons. The number of nitrogens with zero attached hydrogens (tertiary/aromatic N) is 3. The van der Waals surface area contributed by atoms with Gasteiger partial charge < -0.3 is 27.0 Å². The Morgan fingerprint density at radius 2 is 1.70 bits per heavy atom. The molecule has 1 saturated carbocycles. The van der Waals surface area contributed by atoms with Crippen molar-refractivity contribution in [3.05, 3.63) is 82.9 Å². The van der Waals surface area contributed by atoms with Gasteiger partial charge in [-0.1, -0.05) is 41.9 Å². The Balaban J connectivity index is 1.13. The lowest BCUT2D eigenvalue weighted by molar-refractivity contribution is -0.130. The average molecular weight is 698 g/mol. The summed E-state index contributed by atoms with van der Waals surface area (Å²) in [5.41, 5.74) is 10.3. The number of aromatic nitrogens is 4. The second kappa shape index (κ2) is 16.4. The molecule has 1 aliphatic carbocycles. The van der Waals surface area contributed by atoms with Gasteiger partial charge in [-0.25, -0.2) is 0 Å². The van der Waals surface area contributed by atoms with Crippen LogP contribution in [0.4, 0.5) is 5.69 Å². The number of halogens is 1. The highest BCUT2D eigenvalue weighted by molar-refractivity contribution is 6.33. The molecule has 6 rings (SSSR count). The number of amides is 3. The van der Waals surface area contributed by atoms with E-state index < -0.39 is 6.04 Å². The van der Waals surface area contributed by atoms with E-state index in [4.69, 9.17) is 17.3 Å². The Bertz CT molecular complexity index is 1760. The van der Waals surface area contributed by atoms with Gasteiger partial charge in [0.05, 0.1) is 0 Å². The molecule has 4 aromatic rings. The maximum Gasteiger partial charge on any atom is 0.251 e. The van der Waals surface area contributed by atoms with E-state index in [1.54, 1.807) is 36.4 Å². The lowest BCUT2D eigenvalue weighted by Crippen LogP contribution is -2.48. The Morgan fingerprint density at radius 3 is 2.36 bits per heavy atom. The monoisotopic (exact) mass is 697 g/mol. The molecule has 2 heterocycles. The molecular weight excluding hydrogens is 654 g/mol. The fourth-order valence-corrected chi connectivity index (χ4v) is 7.14. The molecule has 7 N–H and O–H groups in total. The van der Waals surface area contributed by atoms with Crippen molar-refractivity contribution in [3.8, 4) is 22.5 Å². The van der Waals surface area contributed by atoms with Gasteiger partial charge in [0.15, 0.2) is 0 Å². The van der Waals surface area contributed by atoms with Crippen molar-refractivity contribution in [2.45, 2.75) is 70.0 Å². The number of hydrogen-bond donors (Lipinski definition) is 6. The number of carbonyl (C=O) groups excluding carboxylic acids is 3. The highest BCUT2D eigenvalue weighted by atomic mass is 35.5. The number of tetrazole rings is 1. The third-order valence-electron chi connectivity index (χ3n) is 9.83. The number of benzene rings is 3. The minimum Gasteiger partial charge on any atom is -0.349 e. The highest BCUT2D eigenvalue weighted by Crippen LogP contribution is 2.31. The third-order valence-corrected chi connectivity index (χ3v) is 10.1. The van der Waals surface area contributed by atoms with Gasteiger partial charge in [-0.3, -0.25) is 14.4 Å². The Kier molecular flexibility index (Phi) is 11.5. The van der Waals surface area contributed by atoms with Crippen LogP contribution in [0.25, 0.3) is 22.5 Å². The predicted molar refractivity (Wildman–Crippen MR) is 193 cm³/mol. The molecule has 0 radical (unpaired) electrons. The van der Waals surface area contributed by atoms with Crippen LogP contribution < -0.4 is 27.0 Å². The number of carbonyl (C=O) groups is 3. The second-order valence-electron chi connectivity index (χ2n) is 13.5. The van der Waals surface area contributed by atoms with E-state index in [1.807, 2.05) is 30.3 Å². The van der Waals surface area contributed by atoms with Crippen LogP contribution in [0, 0.1) is 11.8 Å². The highest BCUT2D eigenvalue weighted by Gasteiger charge is 2.29. The molecule has 2 fully saturated rings. The van der Waals surface area contributed by atoms with E-state index in [1.165, 1.54) is 0 Å². The molecule has 3 aromatic carbocycles. The van der Waals surface area contributed by atoms with Crippen molar-refractivity contribution in [1.82, 2.24) is 36.6 Å². The van der Waals surface area contributed by atoms with Gasteiger partial charge in [0.25, 0.3) is 5.91 Å². The molecule has 50 heavy (non-hydrogen) atoms. The molecule has 12 nitrogen and oxygen atoms in total. The van der Waals surface area contributed by atoms with Crippen LogP contribution in [-0.4, -0.2) is 69.6 Å². The van der Waals surface area contributed by atoms with E-state index in [0.717, 1.165) is 67.3 Å². The van der Waals surface area contributed by atoms with Crippen molar-refractivity contribution in [1.29, 1.82) is 0 Å². The number of hydrogen-bond acceptors (Lipinski definition) is 8. The number of nitrogens with two attached hydrogens (primary N) is 1. The van der Waals surface area contributed by atoms with Crippen molar-refractivity contribution in [3.63, 3.8) is 0 Å². The van der Waals surface area contributed by atoms with Gasteiger partial charge in [-0.2, -0.15) is 5.21 Å². The molecule has 3 amide bonds. The summed E-state index contributed by atoms with van der Waals surface area (Å²) < 4.78 is 0. The number of piperidine rings is 1. The van der Waals surface area contributed by atoms with Gasteiger partial charge in [-0.05, 0) is 117 Å². The standard InChI is InChI=1S/C37H44ClN9O3/c1-22-18-30(16-17-40-22)42-36(49)28-12-15-31(32(38)20-28)25-6-2-23(3-7-25)19-33(43-35(48)27-8-4-24(21-39)5-9-27)37(50)41-29-13-10-26(11-14-29)34-44-46-47-45-34/h2-3,6-7,10-15,20,22,24,27,30,33,40H,4-5,8-9,16-19,21,39H2,1H3,(H,41,50)(H,42,49)(H,43,48)(H,44,45,46,47). The van der Waals surface area contributed by atoms with Crippen molar-refractivity contribution >= 4 is 35.0 Å². The van der Waals surface area contributed by atoms with Crippen molar-refractivity contribution in [2.75, 3.05) is 18.4 Å². The van der Waals surface area contributed by atoms with E-state index in [2.05, 4.69) is 48.8 Å². The van der Waals surface area contributed by atoms with E-state index in [9.17, 15) is 14.4 Å². The Labute approximate surface area is 296 Å². The SMILES string of the molecule is CC1CC(NC(=O)c2ccc(-c3ccc(CC(NC(=O)C4CCC(CN)CC4)C(=O)Nc4ccc(-c5nn[nH]n5)cc4)cc3)c(Cl)c2)CCN1. The normalized spacial score (nSPS) is 21.2. The first kappa shape index (κ1) is 35.2. The molecule has 1 aliphatic heterocycles. The van der Waals surface area contributed by atoms with E-state index in [0.29, 0.717) is 47.0 Å². The Morgan fingerprint density at radius 1 is 0.960 bits per heavy atom. The fraction of sp³-hybridized carbons (Fsp3) is 0.405. The lowest BCUT2D eigenvalue weighted by Gasteiger charge is -2.28. The first-order valence-electron chi connectivity index (χ1n) is 17.3. The summed E-state index contributed by atoms with van der Waals surface area (Å²) in [5.74, 6) is 0.175. The van der Waals surface area contributed by atoms with Gasteiger partial charge in [-0.15, -0.1) is 10.2 Å². The maximum atomic E-state index is 13.7. The zero-order valence-electron chi connectivity index (χ0n) is 28.1. The zero-order valence-corrected chi connectivity index (χ0v) is 28.9. The number of rotatable bonds is 11. The number of nitrogens with one attached hydrogen (secondary N) is 5. The lowest BCUT2D eigenvalue weighted by atomic mass is 9.81. The Hall–Kier alpha value is -4.65. The van der Waals surface area contributed by atoms with Crippen LogP contribution >= 0.6 is 11.6 Å². The van der Waals surface area contributed by atoms with Crippen LogP contribution in [0.5, 0.6) is 0 Å². The molecule has 0 bridgehead atoms. The summed E-state index contributed by atoms with van der Waals surface area (Å²) in [6.07, 6.45) is 5.41. The zero-order chi connectivity index (χ0) is 35.0. The molecule has 13 heteroatoms.